The van der Waals surface area contributed by atoms with Gasteiger partial charge in [-0.2, -0.15) is 0 Å². The maximum absolute atomic E-state index is 12.3. The van der Waals surface area contributed by atoms with Crippen molar-refractivity contribution in [2.45, 2.75) is 238 Å². The normalized spacial score (nSPS) is 13.1. The predicted molar refractivity (Wildman–Crippen MR) is 198 cm³/mol. The van der Waals surface area contributed by atoms with E-state index in [9.17, 15) is 15.0 Å². The van der Waals surface area contributed by atoms with E-state index in [-0.39, 0.29) is 12.5 Å². The lowest BCUT2D eigenvalue weighted by Crippen LogP contribution is -2.45. The molecule has 0 aromatic heterocycles. The van der Waals surface area contributed by atoms with E-state index in [1.165, 1.54) is 180 Å². The van der Waals surface area contributed by atoms with Gasteiger partial charge in [-0.15, -0.1) is 0 Å². The number of aliphatic hydroxyl groups excluding tert-OH is 2. The molecule has 1 amide bonds. The van der Waals surface area contributed by atoms with E-state index in [1.54, 1.807) is 6.08 Å². The highest BCUT2D eigenvalue weighted by atomic mass is 16.3. The Bertz CT molecular complexity index is 608. The molecule has 0 aromatic rings. The molecule has 0 aliphatic heterocycles. The van der Waals surface area contributed by atoms with Crippen molar-refractivity contribution in [1.29, 1.82) is 0 Å². The molecule has 4 nitrogen and oxygen atoms in total. The van der Waals surface area contributed by atoms with E-state index in [0.29, 0.717) is 6.42 Å². The molecule has 0 radical (unpaired) electrons. The molecule has 45 heavy (non-hydrogen) atoms. The average molecular weight is 636 g/mol. The van der Waals surface area contributed by atoms with Crippen molar-refractivity contribution in [3.63, 3.8) is 0 Å². The third kappa shape index (κ3) is 34.3. The molecule has 2 unspecified atom stereocenters. The molecule has 0 bridgehead atoms. The minimum Gasteiger partial charge on any atom is -0.394 e. The van der Waals surface area contributed by atoms with Crippen LogP contribution in [0.3, 0.4) is 0 Å². The fourth-order valence-electron chi connectivity index (χ4n) is 6.35. The number of rotatable bonds is 37. The van der Waals surface area contributed by atoms with Crippen molar-refractivity contribution in [3.8, 4) is 0 Å². The second-order valence-electron chi connectivity index (χ2n) is 14.1. The minimum absolute atomic E-state index is 0.0611. The van der Waals surface area contributed by atoms with Crippen LogP contribution in [-0.2, 0) is 4.79 Å². The van der Waals surface area contributed by atoms with Crippen LogP contribution in [0, 0.1) is 0 Å². The molecule has 0 saturated carbocycles. The Labute approximate surface area is 282 Å². The fraction of sp³-hybridized carbons (Fsp3) is 0.927. The first-order valence-corrected chi connectivity index (χ1v) is 20.4. The lowest BCUT2D eigenvalue weighted by Gasteiger charge is -2.20. The van der Waals surface area contributed by atoms with Crippen molar-refractivity contribution in [3.05, 3.63) is 12.2 Å². The molecule has 268 valence electrons. The fourth-order valence-corrected chi connectivity index (χ4v) is 6.35. The monoisotopic (exact) mass is 636 g/mol. The van der Waals surface area contributed by atoms with E-state index in [4.69, 9.17) is 0 Å². The summed E-state index contributed by atoms with van der Waals surface area (Å²) in [5, 5.41) is 23.0. The molecule has 0 heterocycles. The van der Waals surface area contributed by atoms with E-state index in [0.717, 1.165) is 25.7 Å². The van der Waals surface area contributed by atoms with Gasteiger partial charge >= 0.3 is 0 Å². The predicted octanol–water partition coefficient (Wildman–Crippen LogP) is 12.3. The van der Waals surface area contributed by atoms with Crippen LogP contribution in [0.15, 0.2) is 12.2 Å². The third-order valence-corrected chi connectivity index (χ3v) is 9.52. The van der Waals surface area contributed by atoms with E-state index in [2.05, 4.69) is 19.2 Å². The maximum atomic E-state index is 12.3. The van der Waals surface area contributed by atoms with Crippen LogP contribution in [0.2, 0.25) is 0 Å². The quantitative estimate of drug-likeness (QED) is 0.0470. The van der Waals surface area contributed by atoms with Gasteiger partial charge in [0.2, 0.25) is 5.91 Å². The Morgan fingerprint density at radius 2 is 0.822 bits per heavy atom. The van der Waals surface area contributed by atoms with Crippen LogP contribution in [0.1, 0.15) is 226 Å². The Balaban J connectivity index is 3.56. The first-order chi connectivity index (χ1) is 22.2. The zero-order valence-corrected chi connectivity index (χ0v) is 30.7. The molecule has 0 fully saturated rings. The minimum atomic E-state index is -0.832. The molecule has 4 heteroatoms. The number of carbonyl (C=O) groups excluding carboxylic acids is 1. The second-order valence-corrected chi connectivity index (χ2v) is 14.1. The Morgan fingerprint density at radius 1 is 0.511 bits per heavy atom. The molecule has 0 spiro atoms. The second kappa shape index (κ2) is 37.6. The average Bonchev–Trinajstić information content (AvgIpc) is 3.04. The van der Waals surface area contributed by atoms with Crippen molar-refractivity contribution in [1.82, 2.24) is 5.32 Å². The molecular formula is C41H81NO3. The van der Waals surface area contributed by atoms with Crippen LogP contribution in [0.25, 0.3) is 0 Å². The summed E-state index contributed by atoms with van der Waals surface area (Å²) in [6.45, 7) is 4.32. The lowest BCUT2D eigenvalue weighted by molar-refractivity contribution is -0.123. The number of carbonyl (C=O) groups is 1. The van der Waals surface area contributed by atoms with Crippen molar-refractivity contribution in [2.24, 2.45) is 0 Å². The molecule has 3 N–H and O–H groups in total. The van der Waals surface area contributed by atoms with Crippen LogP contribution < -0.4 is 5.32 Å². The van der Waals surface area contributed by atoms with Crippen molar-refractivity contribution in [2.75, 3.05) is 6.61 Å². The van der Waals surface area contributed by atoms with Gasteiger partial charge in [0.15, 0.2) is 0 Å². The maximum Gasteiger partial charge on any atom is 0.220 e. The highest BCUT2D eigenvalue weighted by Gasteiger charge is 2.17. The van der Waals surface area contributed by atoms with Gasteiger partial charge in [0.05, 0.1) is 18.8 Å². The zero-order valence-electron chi connectivity index (χ0n) is 30.7. The highest BCUT2D eigenvalue weighted by Crippen LogP contribution is 2.15. The molecule has 0 aliphatic rings. The summed E-state index contributed by atoms with van der Waals surface area (Å²) in [6.07, 6.45) is 45.9. The molecule has 0 aliphatic carbocycles. The summed E-state index contributed by atoms with van der Waals surface area (Å²) in [7, 11) is 0. The summed E-state index contributed by atoms with van der Waals surface area (Å²) >= 11 is 0. The van der Waals surface area contributed by atoms with E-state index in [1.807, 2.05) is 6.08 Å². The van der Waals surface area contributed by atoms with Gasteiger partial charge in [-0.1, -0.05) is 212 Å². The summed E-state index contributed by atoms with van der Waals surface area (Å²) in [4.78, 5) is 12.3. The third-order valence-electron chi connectivity index (χ3n) is 9.52. The Kier molecular flexibility index (Phi) is 36.9. The number of aliphatic hydroxyl groups is 2. The number of allylic oxidation sites excluding steroid dienone is 1. The largest absolute Gasteiger partial charge is 0.394 e. The highest BCUT2D eigenvalue weighted by molar-refractivity contribution is 5.76. The summed E-state index contributed by atoms with van der Waals surface area (Å²) in [5.74, 6) is -0.0611. The summed E-state index contributed by atoms with van der Waals surface area (Å²) in [5.41, 5.74) is 0. The van der Waals surface area contributed by atoms with Gasteiger partial charge in [-0.05, 0) is 19.3 Å². The van der Waals surface area contributed by atoms with Crippen LogP contribution in [0.5, 0.6) is 0 Å². The SMILES string of the molecule is CCCCCCCCCCCCCCCCCC/C=C/C(O)C(CO)NC(=O)CCCCCCCCCCCCCCCCC. The zero-order chi connectivity index (χ0) is 32.9. The first kappa shape index (κ1) is 44.1. The topological polar surface area (TPSA) is 69.6 Å². The molecule has 0 rings (SSSR count). The van der Waals surface area contributed by atoms with Crippen LogP contribution in [-0.4, -0.2) is 34.9 Å². The summed E-state index contributed by atoms with van der Waals surface area (Å²) < 4.78 is 0. The Morgan fingerprint density at radius 3 is 1.16 bits per heavy atom. The number of unbranched alkanes of at least 4 members (excludes halogenated alkanes) is 30. The van der Waals surface area contributed by atoms with Crippen LogP contribution >= 0.6 is 0 Å². The van der Waals surface area contributed by atoms with Crippen molar-refractivity contribution < 1.29 is 15.0 Å². The molecular weight excluding hydrogens is 554 g/mol. The van der Waals surface area contributed by atoms with E-state index >= 15 is 0 Å². The van der Waals surface area contributed by atoms with Gasteiger partial charge in [0.1, 0.15) is 0 Å². The Hall–Kier alpha value is -0.870. The first-order valence-electron chi connectivity index (χ1n) is 20.4. The number of hydrogen-bond donors (Lipinski definition) is 3. The van der Waals surface area contributed by atoms with Gasteiger partial charge in [0.25, 0.3) is 0 Å². The summed E-state index contributed by atoms with van der Waals surface area (Å²) in [6, 6.07) is -0.615. The van der Waals surface area contributed by atoms with Gasteiger partial charge in [-0.3, -0.25) is 4.79 Å². The van der Waals surface area contributed by atoms with Gasteiger partial charge in [-0.25, -0.2) is 0 Å². The van der Waals surface area contributed by atoms with Gasteiger partial charge < -0.3 is 15.5 Å². The number of amides is 1. The standard InChI is InChI=1S/C41H81NO3/c1-3-5-7-9-11-13-15-17-19-20-21-23-24-26-28-30-32-34-36-40(44)39(38-43)42-41(45)37-35-33-31-29-27-25-22-18-16-14-12-10-8-6-4-2/h34,36,39-40,43-44H,3-33,35,37-38H2,1-2H3,(H,42,45)/b36-34+. The molecule has 0 aromatic carbocycles. The van der Waals surface area contributed by atoms with Crippen molar-refractivity contribution >= 4 is 5.91 Å². The van der Waals surface area contributed by atoms with Gasteiger partial charge in [0, 0.05) is 6.42 Å². The smallest absolute Gasteiger partial charge is 0.220 e. The van der Waals surface area contributed by atoms with Crippen LogP contribution in [0.4, 0.5) is 0 Å². The molecule has 0 saturated heterocycles. The van der Waals surface area contributed by atoms with E-state index < -0.39 is 12.1 Å². The number of hydrogen-bond acceptors (Lipinski definition) is 3. The molecule has 2 atom stereocenters. The lowest BCUT2D eigenvalue weighted by atomic mass is 10.0. The number of nitrogens with one attached hydrogen (secondary N) is 1.